The van der Waals surface area contributed by atoms with Crippen molar-refractivity contribution >= 4 is 22.7 Å². The molecule has 0 radical (unpaired) electrons. The number of carbonyl (C=O) groups is 2. The number of aromatic nitrogens is 2. The number of aromatic amines is 1. The van der Waals surface area contributed by atoms with Crippen LogP contribution >= 0.6 is 0 Å². The molecule has 0 aliphatic carbocycles. The number of pyridine rings is 1. The van der Waals surface area contributed by atoms with Gasteiger partial charge < -0.3 is 14.5 Å². The molecule has 1 aromatic carbocycles. The van der Waals surface area contributed by atoms with E-state index in [2.05, 4.69) is 9.97 Å². The molecular formula is C17H14N2O4. The predicted octanol–water partition coefficient (Wildman–Crippen LogP) is 2.59. The number of ether oxygens (including phenoxy) is 2. The number of hydrogen-bond acceptors (Lipinski definition) is 5. The summed E-state index contributed by atoms with van der Waals surface area (Å²) < 4.78 is 9.98. The number of esters is 1. The number of ketones is 1. The summed E-state index contributed by atoms with van der Waals surface area (Å²) in [6, 6.07) is 8.52. The summed E-state index contributed by atoms with van der Waals surface area (Å²) >= 11 is 0. The molecule has 0 aliphatic heterocycles. The zero-order valence-corrected chi connectivity index (χ0v) is 12.6. The molecule has 6 nitrogen and oxygen atoms in total. The molecule has 0 spiro atoms. The highest BCUT2D eigenvalue weighted by molar-refractivity contribution is 6.21. The second kappa shape index (κ2) is 5.92. The number of methoxy groups -OCH3 is 2. The van der Waals surface area contributed by atoms with E-state index in [9.17, 15) is 9.59 Å². The summed E-state index contributed by atoms with van der Waals surface area (Å²) in [4.78, 5) is 31.8. The van der Waals surface area contributed by atoms with Gasteiger partial charge in [-0.25, -0.2) is 4.79 Å². The number of hydrogen-bond donors (Lipinski definition) is 1. The SMILES string of the molecule is COC(=O)c1[nH]c2ccc(OC)cc2c1C(=O)c1cccnc1. The van der Waals surface area contributed by atoms with Crippen molar-refractivity contribution in [2.75, 3.05) is 14.2 Å². The van der Waals surface area contributed by atoms with Gasteiger partial charge in [0.2, 0.25) is 0 Å². The Bertz CT molecular complexity index is 884. The van der Waals surface area contributed by atoms with E-state index in [1.807, 2.05) is 0 Å². The molecule has 1 N–H and O–H groups in total. The number of H-pyrrole nitrogens is 1. The first-order valence-corrected chi connectivity index (χ1v) is 6.88. The topological polar surface area (TPSA) is 81.3 Å². The van der Waals surface area contributed by atoms with Crippen molar-refractivity contribution < 1.29 is 19.1 Å². The first kappa shape index (κ1) is 14.8. The molecule has 3 aromatic rings. The van der Waals surface area contributed by atoms with Gasteiger partial charge in [-0.15, -0.1) is 0 Å². The molecule has 0 aliphatic rings. The van der Waals surface area contributed by atoms with Gasteiger partial charge in [0.15, 0.2) is 5.78 Å². The fraction of sp³-hybridized carbons (Fsp3) is 0.118. The van der Waals surface area contributed by atoms with Gasteiger partial charge in [-0.05, 0) is 30.3 Å². The van der Waals surface area contributed by atoms with Gasteiger partial charge in [0, 0.05) is 28.9 Å². The maximum Gasteiger partial charge on any atom is 0.355 e. The average Bonchev–Trinajstić information content (AvgIpc) is 2.99. The van der Waals surface area contributed by atoms with Crippen molar-refractivity contribution in [3.63, 3.8) is 0 Å². The molecule has 0 fully saturated rings. The molecule has 2 aromatic heterocycles. The summed E-state index contributed by atoms with van der Waals surface area (Å²) in [6.45, 7) is 0. The van der Waals surface area contributed by atoms with Crippen LogP contribution < -0.4 is 4.74 Å². The average molecular weight is 310 g/mol. The molecule has 0 saturated heterocycles. The largest absolute Gasteiger partial charge is 0.497 e. The van der Waals surface area contributed by atoms with Crippen LogP contribution in [0.5, 0.6) is 5.75 Å². The maximum absolute atomic E-state index is 12.9. The lowest BCUT2D eigenvalue weighted by atomic mass is 10.0. The number of nitrogens with one attached hydrogen (secondary N) is 1. The Morgan fingerprint density at radius 1 is 1.17 bits per heavy atom. The number of fused-ring (bicyclic) bond motifs is 1. The Labute approximate surface area is 132 Å². The van der Waals surface area contributed by atoms with Crippen molar-refractivity contribution in [1.82, 2.24) is 9.97 Å². The monoisotopic (exact) mass is 310 g/mol. The smallest absolute Gasteiger partial charge is 0.355 e. The van der Waals surface area contributed by atoms with E-state index >= 15 is 0 Å². The second-order valence-electron chi connectivity index (χ2n) is 4.85. The van der Waals surface area contributed by atoms with E-state index in [1.54, 1.807) is 36.5 Å². The second-order valence-corrected chi connectivity index (χ2v) is 4.85. The third kappa shape index (κ3) is 2.55. The van der Waals surface area contributed by atoms with Crippen LogP contribution in [-0.4, -0.2) is 35.9 Å². The highest BCUT2D eigenvalue weighted by Crippen LogP contribution is 2.29. The summed E-state index contributed by atoms with van der Waals surface area (Å²) in [5.74, 6) is -0.321. The molecule has 0 amide bonds. The van der Waals surface area contributed by atoms with Gasteiger partial charge in [-0.3, -0.25) is 9.78 Å². The molecule has 116 valence electrons. The number of carbonyl (C=O) groups excluding carboxylic acids is 2. The molecule has 23 heavy (non-hydrogen) atoms. The van der Waals surface area contributed by atoms with Crippen molar-refractivity contribution in [3.8, 4) is 5.75 Å². The van der Waals surface area contributed by atoms with Gasteiger partial charge in [-0.1, -0.05) is 0 Å². The van der Waals surface area contributed by atoms with Crippen molar-refractivity contribution in [1.29, 1.82) is 0 Å². The lowest BCUT2D eigenvalue weighted by Gasteiger charge is -2.04. The Morgan fingerprint density at radius 3 is 2.65 bits per heavy atom. The molecule has 0 unspecified atom stereocenters. The fourth-order valence-electron chi connectivity index (χ4n) is 2.43. The molecule has 0 bridgehead atoms. The molecular weight excluding hydrogens is 296 g/mol. The fourth-order valence-corrected chi connectivity index (χ4v) is 2.43. The Morgan fingerprint density at radius 2 is 2.00 bits per heavy atom. The first-order valence-electron chi connectivity index (χ1n) is 6.88. The molecule has 6 heteroatoms. The van der Waals surface area contributed by atoms with Crippen LogP contribution in [-0.2, 0) is 4.74 Å². The number of benzene rings is 1. The van der Waals surface area contributed by atoms with E-state index in [0.717, 1.165) is 0 Å². The Balaban J connectivity index is 2.27. The van der Waals surface area contributed by atoms with Gasteiger partial charge in [0.1, 0.15) is 11.4 Å². The highest BCUT2D eigenvalue weighted by Gasteiger charge is 2.25. The summed E-state index contributed by atoms with van der Waals surface area (Å²) in [6.07, 6.45) is 3.04. The van der Waals surface area contributed by atoms with Crippen LogP contribution in [0, 0.1) is 0 Å². The van der Waals surface area contributed by atoms with Crippen LogP contribution in [0.15, 0.2) is 42.7 Å². The van der Waals surface area contributed by atoms with E-state index < -0.39 is 5.97 Å². The molecule has 3 rings (SSSR count). The Hall–Kier alpha value is -3.15. The van der Waals surface area contributed by atoms with Crippen LogP contribution in [0.3, 0.4) is 0 Å². The van der Waals surface area contributed by atoms with E-state index in [4.69, 9.17) is 9.47 Å². The van der Waals surface area contributed by atoms with Crippen LogP contribution in [0.25, 0.3) is 10.9 Å². The van der Waals surface area contributed by atoms with Crippen LogP contribution in [0.2, 0.25) is 0 Å². The minimum atomic E-state index is -0.604. The lowest BCUT2D eigenvalue weighted by molar-refractivity contribution is 0.0592. The molecule has 0 atom stereocenters. The standard InChI is InChI=1S/C17H14N2O4/c1-22-11-5-6-13-12(8-11)14(15(19-13)17(21)23-2)16(20)10-4-3-7-18-9-10/h3-9,19H,1-2H3. The maximum atomic E-state index is 12.9. The summed E-state index contributed by atoms with van der Waals surface area (Å²) in [5, 5.41) is 0.596. The van der Waals surface area contributed by atoms with Gasteiger partial charge in [0.25, 0.3) is 0 Å². The van der Waals surface area contributed by atoms with Gasteiger partial charge >= 0.3 is 5.97 Å². The zero-order chi connectivity index (χ0) is 16.4. The third-order valence-corrected chi connectivity index (χ3v) is 3.55. The van der Waals surface area contributed by atoms with Crippen LogP contribution in [0.4, 0.5) is 0 Å². The highest BCUT2D eigenvalue weighted by atomic mass is 16.5. The normalized spacial score (nSPS) is 10.5. The van der Waals surface area contributed by atoms with Crippen molar-refractivity contribution in [2.45, 2.75) is 0 Å². The Kier molecular flexibility index (Phi) is 3.80. The number of nitrogens with zero attached hydrogens (tertiary/aromatic N) is 1. The summed E-state index contributed by atoms with van der Waals surface area (Å²) in [7, 11) is 2.81. The van der Waals surface area contributed by atoms with Crippen LogP contribution in [0.1, 0.15) is 26.4 Å². The minimum Gasteiger partial charge on any atom is -0.497 e. The van der Waals surface area contributed by atoms with E-state index in [0.29, 0.717) is 22.2 Å². The minimum absolute atomic E-state index is 0.115. The van der Waals surface area contributed by atoms with Crippen molar-refractivity contribution in [2.24, 2.45) is 0 Å². The van der Waals surface area contributed by atoms with E-state index in [-0.39, 0.29) is 17.0 Å². The zero-order valence-electron chi connectivity index (χ0n) is 12.6. The lowest BCUT2D eigenvalue weighted by Crippen LogP contribution is -2.10. The number of rotatable bonds is 4. The van der Waals surface area contributed by atoms with Gasteiger partial charge in [0.05, 0.1) is 19.8 Å². The predicted molar refractivity (Wildman–Crippen MR) is 83.9 cm³/mol. The quantitative estimate of drug-likeness (QED) is 0.591. The first-order chi connectivity index (χ1) is 11.2. The third-order valence-electron chi connectivity index (χ3n) is 3.55. The van der Waals surface area contributed by atoms with Gasteiger partial charge in [-0.2, -0.15) is 0 Å². The van der Waals surface area contributed by atoms with E-state index in [1.165, 1.54) is 20.4 Å². The summed E-state index contributed by atoms with van der Waals surface area (Å²) in [5.41, 5.74) is 1.41. The molecule has 0 saturated carbocycles. The molecule has 2 heterocycles. The van der Waals surface area contributed by atoms with Crippen molar-refractivity contribution in [3.05, 3.63) is 59.5 Å².